The largest absolute Gasteiger partial charge is 0.480 e. The first-order valence-electron chi connectivity index (χ1n) is 9.27. The average Bonchev–Trinajstić information content (AvgIpc) is 2.88. The highest BCUT2D eigenvalue weighted by atomic mass is 16.5. The van der Waals surface area contributed by atoms with Crippen molar-refractivity contribution in [2.45, 2.75) is 58.2 Å². The normalized spacial score (nSPS) is 25.4. The maximum Gasteiger partial charge on any atom is 0.329 e. The third kappa shape index (κ3) is 4.86. The van der Waals surface area contributed by atoms with E-state index in [0.717, 1.165) is 22.3 Å². The van der Waals surface area contributed by atoms with Crippen molar-refractivity contribution in [2.24, 2.45) is 11.8 Å². The molecular weight excluding hydrogens is 346 g/mol. The summed E-state index contributed by atoms with van der Waals surface area (Å²) >= 11 is 0. The van der Waals surface area contributed by atoms with Gasteiger partial charge in [0, 0.05) is 12.5 Å². The predicted octanol–water partition coefficient (Wildman–Crippen LogP) is 2.63. The summed E-state index contributed by atoms with van der Waals surface area (Å²) in [5, 5.41) is 39.4. The zero-order valence-electron chi connectivity index (χ0n) is 16.4. The molecule has 1 aliphatic carbocycles. The van der Waals surface area contributed by atoms with Crippen LogP contribution in [0.5, 0.6) is 0 Å². The van der Waals surface area contributed by atoms with E-state index in [0.29, 0.717) is 12.8 Å². The van der Waals surface area contributed by atoms with Gasteiger partial charge < -0.3 is 20.1 Å². The molecular formula is C21H29NO5. The van der Waals surface area contributed by atoms with E-state index in [1.54, 1.807) is 13.8 Å². The second-order valence-corrected chi connectivity index (χ2v) is 8.03. The van der Waals surface area contributed by atoms with E-state index in [4.69, 9.17) is 9.84 Å². The minimum absolute atomic E-state index is 0.129. The fourth-order valence-corrected chi connectivity index (χ4v) is 4.21. The lowest BCUT2D eigenvalue weighted by atomic mass is 9.79. The minimum Gasteiger partial charge on any atom is -0.480 e. The number of nitrogens with zero attached hydrogens (tertiary/aromatic N) is 1. The number of carboxylic acid groups (broad SMARTS) is 1. The van der Waals surface area contributed by atoms with E-state index < -0.39 is 17.7 Å². The zero-order chi connectivity index (χ0) is 20.4. The number of aryl methyl sites for hydroxylation is 1. The Morgan fingerprint density at radius 1 is 1.37 bits per heavy atom. The molecule has 4 atom stereocenters. The van der Waals surface area contributed by atoms with Gasteiger partial charge in [0.2, 0.25) is 0 Å². The van der Waals surface area contributed by atoms with Gasteiger partial charge in [0.1, 0.15) is 6.61 Å². The number of aliphatic hydroxyl groups is 2. The molecule has 0 heterocycles. The second-order valence-electron chi connectivity index (χ2n) is 8.03. The smallest absolute Gasteiger partial charge is 0.329 e. The molecule has 1 aliphatic rings. The molecule has 1 aromatic carbocycles. The molecule has 2 rings (SSSR count). The summed E-state index contributed by atoms with van der Waals surface area (Å²) in [7, 11) is 0. The molecule has 1 fully saturated rings. The molecule has 0 saturated heterocycles. The van der Waals surface area contributed by atoms with Crippen LogP contribution in [-0.2, 0) is 15.1 Å². The van der Waals surface area contributed by atoms with Gasteiger partial charge in [-0.1, -0.05) is 12.1 Å². The Labute approximate surface area is 160 Å². The van der Waals surface area contributed by atoms with E-state index in [-0.39, 0.29) is 31.0 Å². The van der Waals surface area contributed by atoms with Gasteiger partial charge in [-0.25, -0.2) is 4.79 Å². The van der Waals surface area contributed by atoms with Gasteiger partial charge in [-0.2, -0.15) is 5.26 Å². The standard InChI is InChI=1S/C21H29NO5/c1-12-7-14(8-17(13(12)2)21(3,4)26)20-16(5-6-27-11-19(24)25)15(10-22)9-18(20)23/h7-8,15-16,18,20,23,26H,5-6,9,11H2,1-4H3,(H,24,25)/t15-,16?,18+,20?/m0/s1. The Morgan fingerprint density at radius 2 is 2.04 bits per heavy atom. The number of benzene rings is 1. The molecule has 0 amide bonds. The molecule has 6 nitrogen and oxygen atoms in total. The van der Waals surface area contributed by atoms with E-state index in [1.807, 2.05) is 26.0 Å². The lowest BCUT2D eigenvalue weighted by molar-refractivity contribution is -0.142. The van der Waals surface area contributed by atoms with E-state index in [1.165, 1.54) is 0 Å². The average molecular weight is 375 g/mol. The van der Waals surface area contributed by atoms with Crippen LogP contribution < -0.4 is 0 Å². The summed E-state index contributed by atoms with van der Waals surface area (Å²) in [5.41, 5.74) is 2.74. The highest BCUT2D eigenvalue weighted by Gasteiger charge is 2.43. The molecule has 3 N–H and O–H groups in total. The van der Waals surface area contributed by atoms with Crippen LogP contribution in [0.1, 0.15) is 54.9 Å². The number of carbonyl (C=O) groups is 1. The molecule has 1 saturated carbocycles. The number of aliphatic hydroxyl groups excluding tert-OH is 1. The number of hydrogen-bond donors (Lipinski definition) is 3. The van der Waals surface area contributed by atoms with Gasteiger partial charge in [-0.15, -0.1) is 0 Å². The van der Waals surface area contributed by atoms with Gasteiger partial charge in [0.25, 0.3) is 0 Å². The summed E-state index contributed by atoms with van der Waals surface area (Å²) in [6.07, 6.45) is 0.226. The SMILES string of the molecule is Cc1cc(C2C(CCOCC(=O)O)[C@H](C#N)C[C@H]2O)cc(C(C)(C)O)c1C. The van der Waals surface area contributed by atoms with Gasteiger partial charge in [-0.3, -0.25) is 0 Å². The fourth-order valence-electron chi connectivity index (χ4n) is 4.21. The highest BCUT2D eigenvalue weighted by molar-refractivity contribution is 5.67. The Morgan fingerprint density at radius 3 is 2.59 bits per heavy atom. The van der Waals surface area contributed by atoms with Crippen LogP contribution in [0.4, 0.5) is 0 Å². The van der Waals surface area contributed by atoms with Crippen molar-refractivity contribution in [2.75, 3.05) is 13.2 Å². The third-order valence-corrected chi connectivity index (χ3v) is 5.61. The molecule has 0 radical (unpaired) electrons. The molecule has 1 aromatic rings. The highest BCUT2D eigenvalue weighted by Crippen LogP contribution is 2.46. The minimum atomic E-state index is -1.03. The Bertz CT molecular complexity index is 731. The van der Waals surface area contributed by atoms with E-state index in [2.05, 4.69) is 6.07 Å². The predicted molar refractivity (Wildman–Crippen MR) is 100 cm³/mol. The van der Waals surface area contributed by atoms with Crippen molar-refractivity contribution in [1.29, 1.82) is 5.26 Å². The monoisotopic (exact) mass is 375 g/mol. The van der Waals surface area contributed by atoms with Crippen LogP contribution in [0.3, 0.4) is 0 Å². The first-order valence-corrected chi connectivity index (χ1v) is 9.27. The molecule has 2 unspecified atom stereocenters. The molecule has 0 spiro atoms. The fraction of sp³-hybridized carbons (Fsp3) is 0.619. The van der Waals surface area contributed by atoms with Crippen molar-refractivity contribution in [3.05, 3.63) is 34.4 Å². The van der Waals surface area contributed by atoms with Gasteiger partial charge >= 0.3 is 5.97 Å². The molecule has 0 bridgehead atoms. The van der Waals surface area contributed by atoms with Crippen LogP contribution in [0, 0.1) is 37.0 Å². The number of ether oxygens (including phenoxy) is 1. The topological polar surface area (TPSA) is 111 Å². The molecule has 148 valence electrons. The molecule has 0 aliphatic heterocycles. The van der Waals surface area contributed by atoms with Crippen LogP contribution >= 0.6 is 0 Å². The Kier molecular flexibility index (Phi) is 6.63. The lowest BCUT2D eigenvalue weighted by Crippen LogP contribution is -2.23. The van der Waals surface area contributed by atoms with Crippen LogP contribution in [0.15, 0.2) is 12.1 Å². The van der Waals surface area contributed by atoms with Gasteiger partial charge in [0.15, 0.2) is 0 Å². The summed E-state index contributed by atoms with van der Waals surface area (Å²) in [6.45, 7) is 7.26. The van der Waals surface area contributed by atoms with E-state index >= 15 is 0 Å². The third-order valence-electron chi connectivity index (χ3n) is 5.61. The Hall–Kier alpha value is -1.94. The molecule has 27 heavy (non-hydrogen) atoms. The van der Waals surface area contributed by atoms with Gasteiger partial charge in [0.05, 0.1) is 23.7 Å². The first kappa shape index (κ1) is 21.4. The van der Waals surface area contributed by atoms with Crippen molar-refractivity contribution in [3.8, 4) is 6.07 Å². The second kappa shape index (κ2) is 8.39. The van der Waals surface area contributed by atoms with Crippen LogP contribution in [0.2, 0.25) is 0 Å². The van der Waals surface area contributed by atoms with Crippen molar-refractivity contribution < 1.29 is 24.9 Å². The maximum atomic E-state index is 10.7. The summed E-state index contributed by atoms with van der Waals surface area (Å²) in [6, 6.07) is 6.23. The molecule has 0 aromatic heterocycles. The van der Waals surface area contributed by atoms with Crippen molar-refractivity contribution >= 4 is 5.97 Å². The number of carboxylic acids is 1. The molecule has 6 heteroatoms. The zero-order valence-corrected chi connectivity index (χ0v) is 16.4. The Balaban J connectivity index is 2.34. The van der Waals surface area contributed by atoms with Crippen LogP contribution in [-0.4, -0.2) is 40.6 Å². The van der Waals surface area contributed by atoms with Gasteiger partial charge in [-0.05, 0) is 68.7 Å². The van der Waals surface area contributed by atoms with E-state index in [9.17, 15) is 20.3 Å². The first-order chi connectivity index (χ1) is 12.6. The number of aliphatic carboxylic acids is 1. The lowest BCUT2D eigenvalue weighted by Gasteiger charge is -2.28. The quantitative estimate of drug-likeness (QED) is 0.632. The van der Waals surface area contributed by atoms with Crippen molar-refractivity contribution in [1.82, 2.24) is 0 Å². The number of rotatable bonds is 7. The van der Waals surface area contributed by atoms with Crippen LogP contribution in [0.25, 0.3) is 0 Å². The maximum absolute atomic E-state index is 10.7. The van der Waals surface area contributed by atoms with Crippen molar-refractivity contribution in [3.63, 3.8) is 0 Å². The number of hydrogen-bond acceptors (Lipinski definition) is 5. The summed E-state index contributed by atoms with van der Waals surface area (Å²) in [4.78, 5) is 10.6. The summed E-state index contributed by atoms with van der Waals surface area (Å²) in [5.74, 6) is -1.72. The summed E-state index contributed by atoms with van der Waals surface area (Å²) < 4.78 is 5.16. The number of nitriles is 1.